The lowest BCUT2D eigenvalue weighted by Gasteiger charge is -2.10. The van der Waals surface area contributed by atoms with E-state index >= 15 is 0 Å². The van der Waals surface area contributed by atoms with E-state index in [2.05, 4.69) is 15.3 Å². The second kappa shape index (κ2) is 7.10. The molecule has 130 valence electrons. The highest BCUT2D eigenvalue weighted by Gasteiger charge is 2.16. The van der Waals surface area contributed by atoms with Crippen LogP contribution in [0.3, 0.4) is 0 Å². The molecule has 4 rings (SSSR count). The third kappa shape index (κ3) is 3.41. The number of rotatable bonds is 5. The van der Waals surface area contributed by atoms with Crippen molar-refractivity contribution in [3.05, 3.63) is 72.2 Å². The second-order valence-electron chi connectivity index (χ2n) is 5.52. The minimum Gasteiger partial charge on any atom is -0.454 e. The predicted octanol–water partition coefficient (Wildman–Crippen LogP) is 2.93. The molecule has 1 aromatic carbocycles. The number of carbonyl (C=O) groups is 1. The van der Waals surface area contributed by atoms with Crippen LogP contribution in [0.4, 0.5) is 0 Å². The number of ether oxygens (including phenoxy) is 3. The highest BCUT2D eigenvalue weighted by Crippen LogP contribution is 2.32. The highest BCUT2D eigenvalue weighted by molar-refractivity contribution is 5.96. The Morgan fingerprint density at radius 3 is 2.88 bits per heavy atom. The Morgan fingerprint density at radius 1 is 1.12 bits per heavy atom. The molecule has 1 amide bonds. The largest absolute Gasteiger partial charge is 0.454 e. The summed E-state index contributed by atoms with van der Waals surface area (Å²) in [4.78, 5) is 20.7. The first-order valence-electron chi connectivity index (χ1n) is 7.99. The Bertz CT molecular complexity index is 931. The van der Waals surface area contributed by atoms with Crippen molar-refractivity contribution in [3.8, 4) is 23.1 Å². The first-order chi connectivity index (χ1) is 12.8. The molecule has 0 radical (unpaired) electrons. The van der Waals surface area contributed by atoms with Gasteiger partial charge in [-0.15, -0.1) is 0 Å². The predicted molar refractivity (Wildman–Crippen MR) is 92.3 cm³/mol. The lowest BCUT2D eigenvalue weighted by molar-refractivity contribution is 0.0948. The number of nitrogens with zero attached hydrogens (tertiary/aromatic N) is 2. The van der Waals surface area contributed by atoms with E-state index in [1.54, 1.807) is 42.9 Å². The number of pyridine rings is 2. The second-order valence-corrected chi connectivity index (χ2v) is 5.52. The van der Waals surface area contributed by atoms with Gasteiger partial charge in [0.1, 0.15) is 11.3 Å². The number of hydrogen-bond donors (Lipinski definition) is 1. The molecule has 0 bridgehead atoms. The minimum atomic E-state index is -0.283. The summed E-state index contributed by atoms with van der Waals surface area (Å²) in [5.41, 5.74) is 1.25. The molecule has 3 aromatic rings. The maximum atomic E-state index is 12.6. The van der Waals surface area contributed by atoms with Crippen molar-refractivity contribution >= 4 is 5.91 Å². The summed E-state index contributed by atoms with van der Waals surface area (Å²) in [6, 6.07) is 12.4. The molecule has 7 nitrogen and oxygen atoms in total. The van der Waals surface area contributed by atoms with Crippen molar-refractivity contribution in [2.75, 3.05) is 6.79 Å². The molecule has 26 heavy (non-hydrogen) atoms. The summed E-state index contributed by atoms with van der Waals surface area (Å²) in [5, 5.41) is 2.86. The third-order valence-electron chi connectivity index (χ3n) is 3.75. The van der Waals surface area contributed by atoms with Crippen LogP contribution in [-0.4, -0.2) is 22.7 Å². The van der Waals surface area contributed by atoms with Crippen LogP contribution in [0, 0.1) is 0 Å². The van der Waals surface area contributed by atoms with Crippen LogP contribution in [0.2, 0.25) is 0 Å². The van der Waals surface area contributed by atoms with Gasteiger partial charge in [-0.3, -0.25) is 9.78 Å². The van der Waals surface area contributed by atoms with Crippen LogP contribution in [0.1, 0.15) is 15.9 Å². The number of aromatic nitrogens is 2. The fourth-order valence-electron chi connectivity index (χ4n) is 2.49. The number of fused-ring (bicyclic) bond motifs is 1. The van der Waals surface area contributed by atoms with Gasteiger partial charge in [-0.05, 0) is 42.0 Å². The van der Waals surface area contributed by atoms with Gasteiger partial charge in [0.15, 0.2) is 11.5 Å². The van der Waals surface area contributed by atoms with E-state index in [0.717, 1.165) is 5.56 Å². The maximum Gasteiger partial charge on any atom is 0.257 e. The lowest BCUT2D eigenvalue weighted by atomic mass is 10.2. The van der Waals surface area contributed by atoms with Crippen LogP contribution in [-0.2, 0) is 6.54 Å². The van der Waals surface area contributed by atoms with Gasteiger partial charge in [0, 0.05) is 18.9 Å². The van der Waals surface area contributed by atoms with E-state index in [1.807, 2.05) is 18.2 Å². The van der Waals surface area contributed by atoms with Crippen LogP contribution < -0.4 is 19.5 Å². The van der Waals surface area contributed by atoms with Crippen molar-refractivity contribution in [3.63, 3.8) is 0 Å². The van der Waals surface area contributed by atoms with Gasteiger partial charge in [-0.25, -0.2) is 4.98 Å². The third-order valence-corrected chi connectivity index (χ3v) is 3.75. The van der Waals surface area contributed by atoms with Gasteiger partial charge in [0.05, 0.1) is 6.20 Å². The standard InChI is InChI=1S/C19H15N3O4/c23-18(22-10-13-5-6-16-17(9-13)25-12-24-16)15-4-2-8-21-19(15)26-14-3-1-7-20-11-14/h1-9,11H,10,12H2,(H,22,23). The zero-order valence-electron chi connectivity index (χ0n) is 13.7. The van der Waals surface area contributed by atoms with Crippen LogP contribution in [0.15, 0.2) is 61.1 Å². The monoisotopic (exact) mass is 349 g/mol. The van der Waals surface area contributed by atoms with Crippen molar-refractivity contribution in [2.45, 2.75) is 6.54 Å². The van der Waals surface area contributed by atoms with Crippen molar-refractivity contribution < 1.29 is 19.0 Å². The molecule has 0 atom stereocenters. The van der Waals surface area contributed by atoms with Crippen molar-refractivity contribution in [2.24, 2.45) is 0 Å². The topological polar surface area (TPSA) is 82.6 Å². The molecule has 0 aliphatic carbocycles. The number of carbonyl (C=O) groups excluding carboxylic acids is 1. The zero-order valence-corrected chi connectivity index (χ0v) is 13.7. The molecule has 0 saturated carbocycles. The van der Waals surface area contributed by atoms with Crippen molar-refractivity contribution in [1.29, 1.82) is 0 Å². The number of amides is 1. The molecule has 1 N–H and O–H groups in total. The molecule has 1 aliphatic rings. The zero-order chi connectivity index (χ0) is 17.8. The van der Waals surface area contributed by atoms with Gasteiger partial charge < -0.3 is 19.5 Å². The normalized spacial score (nSPS) is 11.8. The van der Waals surface area contributed by atoms with Crippen LogP contribution in [0.25, 0.3) is 0 Å². The van der Waals surface area contributed by atoms with E-state index in [4.69, 9.17) is 14.2 Å². The molecular formula is C19H15N3O4. The molecule has 3 heterocycles. The van der Waals surface area contributed by atoms with Crippen LogP contribution >= 0.6 is 0 Å². The van der Waals surface area contributed by atoms with Crippen LogP contribution in [0.5, 0.6) is 23.1 Å². The van der Waals surface area contributed by atoms with Gasteiger partial charge >= 0.3 is 0 Å². The van der Waals surface area contributed by atoms with Gasteiger partial charge in [0.2, 0.25) is 12.7 Å². The fraction of sp³-hybridized carbons (Fsp3) is 0.105. The minimum absolute atomic E-state index is 0.218. The molecule has 0 spiro atoms. The molecule has 2 aromatic heterocycles. The smallest absolute Gasteiger partial charge is 0.257 e. The number of nitrogens with one attached hydrogen (secondary N) is 1. The molecular weight excluding hydrogens is 334 g/mol. The van der Waals surface area contributed by atoms with E-state index in [0.29, 0.717) is 29.4 Å². The SMILES string of the molecule is O=C(NCc1ccc2c(c1)OCO2)c1cccnc1Oc1cccnc1. The summed E-state index contributed by atoms with van der Waals surface area (Å²) in [7, 11) is 0. The van der Waals surface area contributed by atoms with E-state index in [9.17, 15) is 4.79 Å². The van der Waals surface area contributed by atoms with Gasteiger partial charge in [-0.2, -0.15) is 0 Å². The Morgan fingerprint density at radius 2 is 2.00 bits per heavy atom. The Kier molecular flexibility index (Phi) is 4.34. The van der Waals surface area contributed by atoms with E-state index in [1.165, 1.54) is 0 Å². The van der Waals surface area contributed by atoms with E-state index in [-0.39, 0.29) is 18.6 Å². The molecule has 0 saturated heterocycles. The summed E-state index contributed by atoms with van der Waals surface area (Å²) in [6.45, 7) is 0.562. The van der Waals surface area contributed by atoms with Gasteiger partial charge in [0.25, 0.3) is 5.91 Å². The summed E-state index contributed by atoms with van der Waals surface area (Å²) >= 11 is 0. The first kappa shape index (κ1) is 15.9. The molecule has 1 aliphatic heterocycles. The molecule has 0 unspecified atom stereocenters. The quantitative estimate of drug-likeness (QED) is 0.763. The summed E-state index contributed by atoms with van der Waals surface area (Å²) < 4.78 is 16.3. The van der Waals surface area contributed by atoms with Crippen molar-refractivity contribution in [1.82, 2.24) is 15.3 Å². The summed E-state index contributed by atoms with van der Waals surface area (Å²) in [6.07, 6.45) is 4.77. The highest BCUT2D eigenvalue weighted by atomic mass is 16.7. The molecule has 7 heteroatoms. The first-order valence-corrected chi connectivity index (χ1v) is 7.99. The fourth-order valence-corrected chi connectivity index (χ4v) is 2.49. The number of hydrogen-bond acceptors (Lipinski definition) is 6. The maximum absolute atomic E-state index is 12.6. The Balaban J connectivity index is 1.46. The number of benzene rings is 1. The Hall–Kier alpha value is -3.61. The average Bonchev–Trinajstić information content (AvgIpc) is 3.15. The molecule has 0 fully saturated rings. The van der Waals surface area contributed by atoms with Gasteiger partial charge in [-0.1, -0.05) is 6.07 Å². The Labute approximate surface area is 149 Å². The summed E-state index contributed by atoms with van der Waals surface area (Å²) in [5.74, 6) is 1.84. The lowest BCUT2D eigenvalue weighted by Crippen LogP contribution is -2.23. The van der Waals surface area contributed by atoms with E-state index < -0.39 is 0 Å². The average molecular weight is 349 g/mol.